The van der Waals surface area contributed by atoms with Crippen LogP contribution in [0.1, 0.15) is 120 Å². The first-order valence-electron chi connectivity index (χ1n) is 28.1. The molecule has 5 nitrogen and oxygen atoms in total. The molecule has 3 aromatic heterocycles. The van der Waals surface area contributed by atoms with Crippen LogP contribution in [-0.4, -0.2) is 19.1 Å². The number of imidazole rings is 2. The summed E-state index contributed by atoms with van der Waals surface area (Å²) in [7, 11) is 0. The van der Waals surface area contributed by atoms with E-state index in [1.807, 2.05) is 106 Å². The summed E-state index contributed by atoms with van der Waals surface area (Å²) in [5.74, 6) is 0.720. The van der Waals surface area contributed by atoms with Gasteiger partial charge in [0.1, 0.15) is 5.58 Å². The molecule has 7 aromatic carbocycles. The van der Waals surface area contributed by atoms with Gasteiger partial charge in [0.15, 0.2) is 0 Å². The van der Waals surface area contributed by atoms with Crippen molar-refractivity contribution in [3.05, 3.63) is 192 Å². The smallest absolute Gasteiger partial charge is 0.121 e. The Balaban J connectivity index is 0.000000195. The van der Waals surface area contributed by atoms with Crippen LogP contribution in [0.15, 0.2) is 156 Å². The van der Waals surface area contributed by atoms with Gasteiger partial charge < -0.3 is 13.6 Å². The van der Waals surface area contributed by atoms with Gasteiger partial charge in [-0.2, -0.15) is 0 Å². The maximum absolute atomic E-state index is 9.00. The SMILES string of the molecule is [2H]C([2H])([2H])c1cccc(C([2H])([2H])[2H])c1-n1c(-c2[c-]ccc(C(C)(C)C)c2)nc2ccccc21.[2H]C1(c2ccc(-n3ccnc3-c3[c-]ccc4c3oc3cc(-c5ccc(C([2H])([2H])C(C)(C)C)cc5)ccc34)cc2)CCCCC1.[Ir]. The molecule has 1 radical (unpaired) electrons. The second-order valence-corrected chi connectivity index (χ2v) is 19.9. The number of rotatable bonds is 7. The Morgan fingerprint density at radius 2 is 1.46 bits per heavy atom. The fourth-order valence-corrected chi connectivity index (χ4v) is 9.37. The van der Waals surface area contributed by atoms with Crippen molar-refractivity contribution in [2.75, 3.05) is 0 Å². The number of benzene rings is 7. The molecule has 0 atom stereocenters. The minimum Gasteiger partial charge on any atom is -0.501 e. The van der Waals surface area contributed by atoms with E-state index in [9.17, 15) is 0 Å². The number of fused-ring (bicyclic) bond motifs is 4. The summed E-state index contributed by atoms with van der Waals surface area (Å²) in [4.78, 5) is 9.52. The quantitative estimate of drug-likeness (QED) is 0.149. The molecule has 6 heteroatoms. The monoisotopic (exact) mass is 1090 g/mol. The maximum Gasteiger partial charge on any atom is 0.121 e. The zero-order chi connectivity index (χ0) is 54.9. The van der Waals surface area contributed by atoms with Gasteiger partial charge in [-0.05, 0) is 113 Å². The molecule has 0 unspecified atom stereocenters. The van der Waals surface area contributed by atoms with Crippen molar-refractivity contribution >= 4 is 33.0 Å². The molecule has 0 N–H and O–H groups in total. The van der Waals surface area contributed by atoms with Crippen LogP contribution in [-0.2, 0) is 31.9 Å². The molecule has 11 rings (SSSR count). The number of hydrogen-bond donors (Lipinski definition) is 0. The van der Waals surface area contributed by atoms with Gasteiger partial charge in [0, 0.05) is 61.6 Å². The van der Waals surface area contributed by atoms with E-state index in [0.717, 1.165) is 87.0 Å². The first-order valence-corrected chi connectivity index (χ1v) is 23.6. The van der Waals surface area contributed by atoms with Gasteiger partial charge in [-0.1, -0.05) is 151 Å². The zero-order valence-corrected chi connectivity index (χ0v) is 42.4. The van der Waals surface area contributed by atoms with E-state index < -0.39 is 31.4 Å². The third-order valence-corrected chi connectivity index (χ3v) is 12.8. The van der Waals surface area contributed by atoms with E-state index in [2.05, 4.69) is 79.9 Å². The van der Waals surface area contributed by atoms with E-state index in [-0.39, 0.29) is 42.3 Å². The summed E-state index contributed by atoms with van der Waals surface area (Å²) in [5, 5.41) is 2.03. The van der Waals surface area contributed by atoms with Crippen LogP contribution in [0.25, 0.3) is 78.2 Å². The molecule has 0 saturated heterocycles. The predicted molar refractivity (Wildman–Crippen MR) is 283 cm³/mol. The normalized spacial score (nSPS) is 16.3. The molecular formula is C63H62IrN4O-2. The topological polar surface area (TPSA) is 48.8 Å². The average Bonchev–Trinajstić information content (AvgIpc) is 4.22. The van der Waals surface area contributed by atoms with Crippen LogP contribution in [0.3, 0.4) is 0 Å². The van der Waals surface area contributed by atoms with E-state index in [1.165, 1.54) is 24.6 Å². The van der Waals surface area contributed by atoms with Crippen molar-refractivity contribution in [3.8, 4) is 45.3 Å². The van der Waals surface area contributed by atoms with Crippen LogP contribution < -0.4 is 0 Å². The van der Waals surface area contributed by atoms with Gasteiger partial charge in [-0.3, -0.25) is 9.97 Å². The fourth-order valence-electron chi connectivity index (χ4n) is 9.37. The van der Waals surface area contributed by atoms with Crippen molar-refractivity contribution in [1.29, 1.82) is 0 Å². The van der Waals surface area contributed by atoms with Gasteiger partial charge in [0.05, 0.1) is 28.3 Å². The van der Waals surface area contributed by atoms with Crippen LogP contribution in [0.4, 0.5) is 0 Å². The predicted octanol–water partition coefficient (Wildman–Crippen LogP) is 16.9. The van der Waals surface area contributed by atoms with Crippen molar-refractivity contribution in [2.45, 2.75) is 105 Å². The van der Waals surface area contributed by atoms with Gasteiger partial charge >= 0.3 is 0 Å². The largest absolute Gasteiger partial charge is 0.501 e. The number of para-hydroxylation sites is 3. The summed E-state index contributed by atoms with van der Waals surface area (Å²) in [5.41, 5.74) is 9.51. The van der Waals surface area contributed by atoms with Gasteiger partial charge in [0.25, 0.3) is 0 Å². The van der Waals surface area contributed by atoms with Crippen molar-refractivity contribution in [2.24, 2.45) is 5.41 Å². The second kappa shape index (κ2) is 19.6. The summed E-state index contributed by atoms with van der Waals surface area (Å²) < 4.78 is 85.2. The molecule has 0 amide bonds. The molecule has 0 spiro atoms. The van der Waals surface area contributed by atoms with Crippen LogP contribution in [0.5, 0.6) is 0 Å². The van der Waals surface area contributed by atoms with Crippen LogP contribution >= 0.6 is 0 Å². The summed E-state index contributed by atoms with van der Waals surface area (Å²) >= 11 is 0. The Morgan fingerprint density at radius 1 is 0.739 bits per heavy atom. The van der Waals surface area contributed by atoms with Crippen LogP contribution in [0, 0.1) is 31.3 Å². The molecule has 0 aliphatic heterocycles. The van der Waals surface area contributed by atoms with Crippen LogP contribution in [0.2, 0.25) is 0 Å². The third kappa shape index (κ3) is 9.93. The molecule has 351 valence electrons. The molecular weight excluding hydrogens is 1020 g/mol. The number of nitrogens with zero attached hydrogens (tertiary/aromatic N) is 4. The summed E-state index contributed by atoms with van der Waals surface area (Å²) in [6.07, 6.45) is 7.65. The van der Waals surface area contributed by atoms with Gasteiger partial charge in [-0.25, -0.2) is 0 Å². The van der Waals surface area contributed by atoms with Crippen molar-refractivity contribution in [1.82, 2.24) is 19.1 Å². The fraction of sp³-hybridized carbons (Fsp3) is 0.270. The molecule has 1 saturated carbocycles. The Kier molecular flexibility index (Phi) is 10.7. The first-order chi connectivity index (χ1) is 36.3. The minimum absolute atomic E-state index is 0. The van der Waals surface area contributed by atoms with Gasteiger partial charge in [-0.15, -0.1) is 53.6 Å². The molecule has 1 aliphatic rings. The standard InChI is InChI=1S/C38H37N2O.C25H25N2.Ir/c1-38(2,3)25-26-12-14-29(15-13-26)30-18-21-32-33-10-7-11-34(36(33)41-35(32)24-30)37-39-22-23-40(37)31-19-16-28(17-20-31)27-8-5-4-6-9-27;1-17-10-8-11-18(2)23(17)27-22-15-7-6-14-21(22)26-24(27)19-12-9-13-20(16-19)25(3,4)5;/h7,10,12-24,27H,4-6,8-9,25H2,1-3H3;6-11,13-16H,1-5H3;/q2*-1;/i25D2,27D;1D3,2D3;. The average molecular weight is 1090 g/mol. The number of aryl methyl sites for hydroxylation is 2. The van der Waals surface area contributed by atoms with E-state index in [0.29, 0.717) is 28.0 Å². The van der Waals surface area contributed by atoms with E-state index in [1.54, 1.807) is 10.8 Å². The minimum atomic E-state index is -2.52. The van der Waals surface area contributed by atoms with E-state index in [4.69, 9.17) is 26.7 Å². The first kappa shape index (κ1) is 37.6. The van der Waals surface area contributed by atoms with Crippen molar-refractivity contribution in [3.63, 3.8) is 0 Å². The number of hydrogen-bond acceptors (Lipinski definition) is 3. The Bertz CT molecular complexity index is 3740. The molecule has 1 aliphatic carbocycles. The number of aromatic nitrogens is 4. The Hall–Kier alpha value is -6.33. The molecule has 0 bridgehead atoms. The Morgan fingerprint density at radius 3 is 2.19 bits per heavy atom. The zero-order valence-electron chi connectivity index (χ0n) is 49.0. The Labute approximate surface area is 434 Å². The summed E-state index contributed by atoms with van der Waals surface area (Å²) in [6, 6.07) is 50.5. The molecule has 3 heterocycles. The number of furan rings is 1. The van der Waals surface area contributed by atoms with Gasteiger partial charge in [0.2, 0.25) is 0 Å². The third-order valence-electron chi connectivity index (χ3n) is 12.8. The van der Waals surface area contributed by atoms with E-state index >= 15 is 0 Å². The molecule has 1 fully saturated rings. The molecule has 10 aromatic rings. The maximum atomic E-state index is 9.00. The summed E-state index contributed by atoms with van der Waals surface area (Å²) in [6.45, 7) is 7.05. The second-order valence-electron chi connectivity index (χ2n) is 19.9. The molecule has 69 heavy (non-hydrogen) atoms. The van der Waals surface area contributed by atoms with Crippen molar-refractivity contribution < 1.29 is 36.9 Å².